The van der Waals surface area contributed by atoms with Gasteiger partial charge in [0.15, 0.2) is 5.76 Å². The summed E-state index contributed by atoms with van der Waals surface area (Å²) in [5.74, 6) is 0.197. The summed E-state index contributed by atoms with van der Waals surface area (Å²) in [6, 6.07) is 17.1. The van der Waals surface area contributed by atoms with Crippen molar-refractivity contribution in [2.75, 3.05) is 0 Å². The van der Waals surface area contributed by atoms with Crippen molar-refractivity contribution in [2.24, 2.45) is 5.73 Å². The van der Waals surface area contributed by atoms with Crippen LogP contribution in [0.1, 0.15) is 18.1 Å². The Kier molecular flexibility index (Phi) is 7.71. The summed E-state index contributed by atoms with van der Waals surface area (Å²) in [6.07, 6.45) is 3.21. The van der Waals surface area contributed by atoms with Crippen molar-refractivity contribution in [1.29, 1.82) is 0 Å². The molecule has 0 saturated carbocycles. The molecule has 0 fully saturated rings. The third-order valence-electron chi connectivity index (χ3n) is 2.83. The van der Waals surface area contributed by atoms with Crippen LogP contribution in [0.2, 0.25) is 0 Å². The Hall–Kier alpha value is -3.14. The molecule has 124 valence electrons. The summed E-state index contributed by atoms with van der Waals surface area (Å²) >= 11 is 0. The van der Waals surface area contributed by atoms with Gasteiger partial charge in [-0.15, -0.1) is 0 Å². The fraction of sp³-hybridized carbons (Fsp3) is 0.100. The first-order valence-corrected chi connectivity index (χ1v) is 7.36. The smallest absolute Gasteiger partial charge is 0.220 e. The Balaban J connectivity index is 0.000000648. The van der Waals surface area contributed by atoms with E-state index in [1.54, 1.807) is 6.08 Å². The Morgan fingerprint density at radius 3 is 2.17 bits per heavy atom. The van der Waals surface area contributed by atoms with Gasteiger partial charge in [-0.3, -0.25) is 9.59 Å². The first-order chi connectivity index (χ1) is 11.4. The van der Waals surface area contributed by atoms with Crippen molar-refractivity contribution >= 4 is 17.8 Å². The SMILES string of the molecule is C=C(Oc1ccccc1C)C(=O)/C=C/c1ccccc1.CC(N)=O. The van der Waals surface area contributed by atoms with Gasteiger partial charge in [-0.2, -0.15) is 0 Å². The summed E-state index contributed by atoms with van der Waals surface area (Å²) in [5, 5.41) is 0. The van der Waals surface area contributed by atoms with E-state index in [4.69, 9.17) is 4.74 Å². The van der Waals surface area contributed by atoms with Crippen LogP contribution in [-0.2, 0) is 9.59 Å². The summed E-state index contributed by atoms with van der Waals surface area (Å²) in [5.41, 5.74) is 6.40. The summed E-state index contributed by atoms with van der Waals surface area (Å²) < 4.78 is 5.50. The minimum atomic E-state index is -0.333. The molecule has 4 nitrogen and oxygen atoms in total. The minimum absolute atomic E-state index is 0.117. The Morgan fingerprint density at radius 2 is 1.58 bits per heavy atom. The highest BCUT2D eigenvalue weighted by molar-refractivity contribution is 6.04. The number of carbonyl (C=O) groups excluding carboxylic acids is 2. The zero-order chi connectivity index (χ0) is 17.9. The van der Waals surface area contributed by atoms with Crippen LogP contribution in [-0.4, -0.2) is 11.7 Å². The zero-order valence-corrected chi connectivity index (χ0v) is 13.9. The molecule has 0 aliphatic heterocycles. The summed E-state index contributed by atoms with van der Waals surface area (Å²) in [4.78, 5) is 21.1. The molecule has 0 heterocycles. The molecule has 0 aromatic heterocycles. The molecule has 0 aliphatic carbocycles. The Morgan fingerprint density at radius 1 is 1.04 bits per heavy atom. The molecule has 0 bridgehead atoms. The van der Waals surface area contributed by atoms with E-state index >= 15 is 0 Å². The average molecular weight is 323 g/mol. The van der Waals surface area contributed by atoms with E-state index in [1.165, 1.54) is 13.0 Å². The number of benzene rings is 2. The lowest BCUT2D eigenvalue weighted by Crippen LogP contribution is -2.05. The Bertz CT molecular complexity index is 730. The molecule has 2 N–H and O–H groups in total. The first-order valence-electron chi connectivity index (χ1n) is 7.36. The molecule has 0 aliphatic rings. The highest BCUT2D eigenvalue weighted by atomic mass is 16.5. The fourth-order valence-corrected chi connectivity index (χ4v) is 1.68. The number of hydrogen-bond donors (Lipinski definition) is 1. The van der Waals surface area contributed by atoms with E-state index in [0.29, 0.717) is 5.75 Å². The Labute approximate surface area is 142 Å². The number of para-hydroxylation sites is 1. The van der Waals surface area contributed by atoms with Gasteiger partial charge in [0.1, 0.15) is 5.75 Å². The average Bonchev–Trinajstić information content (AvgIpc) is 2.55. The van der Waals surface area contributed by atoms with Crippen LogP contribution >= 0.6 is 0 Å². The first kappa shape index (κ1) is 18.9. The van der Waals surface area contributed by atoms with E-state index in [-0.39, 0.29) is 17.4 Å². The van der Waals surface area contributed by atoms with Gasteiger partial charge in [0.05, 0.1) is 0 Å². The van der Waals surface area contributed by atoms with Gasteiger partial charge in [0, 0.05) is 6.92 Å². The molecule has 0 spiro atoms. The van der Waals surface area contributed by atoms with Crippen molar-refractivity contribution in [2.45, 2.75) is 13.8 Å². The van der Waals surface area contributed by atoms with Crippen LogP contribution in [0.5, 0.6) is 5.75 Å². The minimum Gasteiger partial charge on any atom is -0.454 e. The molecule has 2 aromatic carbocycles. The van der Waals surface area contributed by atoms with Crippen LogP contribution in [0, 0.1) is 6.92 Å². The number of allylic oxidation sites excluding steroid dienone is 1. The van der Waals surface area contributed by atoms with Gasteiger partial charge in [-0.1, -0.05) is 61.2 Å². The largest absolute Gasteiger partial charge is 0.454 e. The second-order valence-electron chi connectivity index (χ2n) is 5.01. The van der Waals surface area contributed by atoms with Gasteiger partial charge in [0.2, 0.25) is 11.7 Å². The monoisotopic (exact) mass is 323 g/mol. The molecule has 24 heavy (non-hydrogen) atoms. The maximum Gasteiger partial charge on any atom is 0.220 e. The molecule has 2 rings (SSSR count). The summed E-state index contributed by atoms with van der Waals surface area (Å²) in [7, 11) is 0. The van der Waals surface area contributed by atoms with Crippen LogP contribution in [0.4, 0.5) is 0 Å². The standard InChI is InChI=1S/C18H16O2.C2H5NO/c1-14-8-6-7-11-18(14)20-15(2)17(19)13-12-16-9-4-3-5-10-16;1-2(3)4/h3-13H,2H2,1H3;1H3,(H2,3,4)/b13-12+;. The van der Waals surface area contributed by atoms with Gasteiger partial charge < -0.3 is 10.5 Å². The molecule has 0 atom stereocenters. The quantitative estimate of drug-likeness (QED) is 0.674. The highest BCUT2D eigenvalue weighted by Crippen LogP contribution is 2.19. The second-order valence-corrected chi connectivity index (χ2v) is 5.01. The van der Waals surface area contributed by atoms with Gasteiger partial charge >= 0.3 is 0 Å². The number of primary amides is 1. The molecule has 1 amide bonds. The van der Waals surface area contributed by atoms with Crippen molar-refractivity contribution in [3.05, 3.63) is 84.1 Å². The van der Waals surface area contributed by atoms with Gasteiger partial charge in [0.25, 0.3) is 0 Å². The fourth-order valence-electron chi connectivity index (χ4n) is 1.68. The van der Waals surface area contributed by atoms with E-state index in [2.05, 4.69) is 12.3 Å². The van der Waals surface area contributed by atoms with E-state index in [9.17, 15) is 9.59 Å². The maximum absolute atomic E-state index is 11.9. The lowest BCUT2D eigenvalue weighted by atomic mass is 10.2. The lowest BCUT2D eigenvalue weighted by Gasteiger charge is -2.08. The molecule has 0 radical (unpaired) electrons. The van der Waals surface area contributed by atoms with Crippen molar-refractivity contribution in [3.63, 3.8) is 0 Å². The number of rotatable bonds is 5. The molecule has 4 heteroatoms. The van der Waals surface area contributed by atoms with Gasteiger partial charge in [-0.25, -0.2) is 0 Å². The number of hydrogen-bond acceptors (Lipinski definition) is 3. The molecular formula is C20H21NO3. The van der Waals surface area contributed by atoms with Crippen LogP contribution in [0.15, 0.2) is 73.0 Å². The number of ether oxygens (including phenoxy) is 1. The summed E-state index contributed by atoms with van der Waals surface area (Å²) in [6.45, 7) is 6.91. The third kappa shape index (κ3) is 7.22. The topological polar surface area (TPSA) is 69.4 Å². The lowest BCUT2D eigenvalue weighted by molar-refractivity contribution is -0.116. The zero-order valence-electron chi connectivity index (χ0n) is 13.9. The van der Waals surface area contributed by atoms with Crippen LogP contribution in [0.25, 0.3) is 6.08 Å². The van der Waals surface area contributed by atoms with Gasteiger partial charge in [-0.05, 0) is 30.2 Å². The predicted molar refractivity (Wildman–Crippen MR) is 96.3 cm³/mol. The normalized spacial score (nSPS) is 9.75. The molecule has 2 aromatic rings. The van der Waals surface area contributed by atoms with Crippen molar-refractivity contribution in [1.82, 2.24) is 0 Å². The highest BCUT2D eigenvalue weighted by Gasteiger charge is 2.07. The number of nitrogens with two attached hydrogens (primary N) is 1. The number of carbonyl (C=O) groups is 2. The molecular weight excluding hydrogens is 302 g/mol. The van der Waals surface area contributed by atoms with E-state index in [1.807, 2.05) is 61.5 Å². The van der Waals surface area contributed by atoms with E-state index < -0.39 is 0 Å². The second kappa shape index (κ2) is 9.79. The number of ketones is 1. The van der Waals surface area contributed by atoms with Crippen LogP contribution in [0.3, 0.4) is 0 Å². The predicted octanol–water partition coefficient (Wildman–Crippen LogP) is 3.66. The third-order valence-corrected chi connectivity index (χ3v) is 2.83. The van der Waals surface area contributed by atoms with Crippen LogP contribution < -0.4 is 10.5 Å². The molecule has 0 unspecified atom stereocenters. The van der Waals surface area contributed by atoms with Crippen molar-refractivity contribution < 1.29 is 14.3 Å². The van der Waals surface area contributed by atoms with Crippen molar-refractivity contribution in [3.8, 4) is 5.75 Å². The number of aryl methyl sites for hydroxylation is 1. The maximum atomic E-state index is 11.9. The molecule has 0 saturated heterocycles. The van der Waals surface area contributed by atoms with E-state index in [0.717, 1.165) is 11.1 Å². The number of amides is 1.